The largest absolute Gasteiger partial charge is 0.368 e. The molecule has 1 amide bonds. The minimum atomic E-state index is 0.279. The monoisotopic (exact) mass is 425 g/mol. The van der Waals surface area contributed by atoms with Gasteiger partial charge in [-0.15, -0.1) is 0 Å². The van der Waals surface area contributed by atoms with Gasteiger partial charge in [0.05, 0.1) is 15.7 Å². The van der Waals surface area contributed by atoms with E-state index in [0.717, 1.165) is 44.2 Å². The Morgan fingerprint density at radius 3 is 2.32 bits per heavy atom. The summed E-state index contributed by atoms with van der Waals surface area (Å²) in [4.78, 5) is 18.5. The van der Waals surface area contributed by atoms with E-state index in [-0.39, 0.29) is 5.91 Å². The first-order valence-corrected chi connectivity index (χ1v) is 11.3. The van der Waals surface area contributed by atoms with Crippen molar-refractivity contribution in [2.75, 3.05) is 51.7 Å². The Hall–Kier alpha value is -0.970. The highest BCUT2D eigenvalue weighted by Gasteiger charge is 2.25. The third-order valence-corrected chi connectivity index (χ3v) is 7.24. The smallest absolute Gasteiger partial charge is 0.222 e. The highest BCUT2D eigenvalue weighted by atomic mass is 35.5. The van der Waals surface area contributed by atoms with Gasteiger partial charge >= 0.3 is 0 Å². The average molecular weight is 426 g/mol. The van der Waals surface area contributed by atoms with E-state index < -0.39 is 0 Å². The van der Waals surface area contributed by atoms with E-state index in [1.807, 2.05) is 26.2 Å². The van der Waals surface area contributed by atoms with E-state index in [1.165, 1.54) is 38.6 Å². The SMILES string of the molecule is CN(C)C(=O)CC1CCC(CCN2CCN(c3cccc(Cl)c3Cl)CC2)CC1. The lowest BCUT2D eigenvalue weighted by molar-refractivity contribution is -0.130. The molecule has 28 heavy (non-hydrogen) atoms. The molecule has 1 aliphatic heterocycles. The zero-order chi connectivity index (χ0) is 20.1. The zero-order valence-corrected chi connectivity index (χ0v) is 18.7. The van der Waals surface area contributed by atoms with E-state index >= 15 is 0 Å². The van der Waals surface area contributed by atoms with Gasteiger partial charge in [-0.05, 0) is 49.8 Å². The molecular formula is C22H33Cl2N3O. The number of nitrogens with zero attached hydrogens (tertiary/aromatic N) is 3. The summed E-state index contributed by atoms with van der Waals surface area (Å²) in [6.45, 7) is 5.34. The van der Waals surface area contributed by atoms with Crippen LogP contribution in [0.15, 0.2) is 18.2 Å². The molecule has 0 spiro atoms. The van der Waals surface area contributed by atoms with E-state index in [2.05, 4.69) is 15.9 Å². The van der Waals surface area contributed by atoms with Gasteiger partial charge in [0.25, 0.3) is 0 Å². The summed E-state index contributed by atoms with van der Waals surface area (Å²) >= 11 is 12.5. The first-order valence-electron chi connectivity index (χ1n) is 10.6. The molecule has 0 bridgehead atoms. The maximum absolute atomic E-state index is 11.9. The number of hydrogen-bond acceptors (Lipinski definition) is 3. The molecule has 1 aliphatic carbocycles. The average Bonchev–Trinajstić information content (AvgIpc) is 2.70. The summed E-state index contributed by atoms with van der Waals surface area (Å²) in [5.41, 5.74) is 1.06. The van der Waals surface area contributed by atoms with Crippen molar-refractivity contribution < 1.29 is 4.79 Å². The summed E-state index contributed by atoms with van der Waals surface area (Å²) in [6.07, 6.45) is 7.00. The highest BCUT2D eigenvalue weighted by Crippen LogP contribution is 2.34. The number of benzene rings is 1. The Morgan fingerprint density at radius 1 is 1.04 bits per heavy atom. The number of halogens is 2. The molecule has 1 saturated heterocycles. The Bertz CT molecular complexity index is 651. The van der Waals surface area contributed by atoms with Crippen molar-refractivity contribution in [3.05, 3.63) is 28.2 Å². The standard InChI is InChI=1S/C22H33Cl2N3O/c1-25(2)21(28)16-18-8-6-17(7-9-18)10-11-26-12-14-27(15-13-26)20-5-3-4-19(23)22(20)24/h3-5,17-18H,6-16H2,1-2H3. The summed E-state index contributed by atoms with van der Waals surface area (Å²) in [5.74, 6) is 1.70. The van der Waals surface area contributed by atoms with Gasteiger partial charge < -0.3 is 9.80 Å². The maximum atomic E-state index is 11.9. The molecule has 4 nitrogen and oxygen atoms in total. The number of carbonyl (C=O) groups is 1. The number of amides is 1. The molecular weight excluding hydrogens is 393 g/mol. The molecule has 2 aliphatic rings. The second-order valence-corrected chi connectivity index (χ2v) is 9.35. The van der Waals surface area contributed by atoms with Crippen LogP contribution in [0.1, 0.15) is 38.5 Å². The van der Waals surface area contributed by atoms with Gasteiger partial charge in [0.15, 0.2) is 0 Å². The fourth-order valence-corrected chi connectivity index (χ4v) is 4.88. The number of rotatable bonds is 6. The third-order valence-electron chi connectivity index (χ3n) is 6.43. The maximum Gasteiger partial charge on any atom is 0.222 e. The van der Waals surface area contributed by atoms with E-state index in [0.29, 0.717) is 16.0 Å². The lowest BCUT2D eigenvalue weighted by Gasteiger charge is -2.37. The highest BCUT2D eigenvalue weighted by molar-refractivity contribution is 6.43. The summed E-state index contributed by atoms with van der Waals surface area (Å²) in [7, 11) is 3.71. The van der Waals surface area contributed by atoms with Crippen LogP contribution in [-0.4, -0.2) is 62.5 Å². The predicted octanol–water partition coefficient (Wildman–Crippen LogP) is 4.79. The van der Waals surface area contributed by atoms with Gasteiger partial charge in [0.1, 0.15) is 0 Å². The van der Waals surface area contributed by atoms with Crippen LogP contribution < -0.4 is 4.90 Å². The van der Waals surface area contributed by atoms with E-state index in [9.17, 15) is 4.79 Å². The minimum Gasteiger partial charge on any atom is -0.368 e. The topological polar surface area (TPSA) is 26.8 Å². The lowest BCUT2D eigenvalue weighted by Crippen LogP contribution is -2.47. The number of anilines is 1. The Balaban J connectivity index is 1.36. The molecule has 0 aromatic heterocycles. The van der Waals surface area contributed by atoms with Crippen molar-refractivity contribution in [2.45, 2.75) is 38.5 Å². The van der Waals surface area contributed by atoms with Crippen LogP contribution in [0, 0.1) is 11.8 Å². The molecule has 6 heteroatoms. The van der Waals surface area contributed by atoms with Crippen LogP contribution in [0.4, 0.5) is 5.69 Å². The summed E-state index contributed by atoms with van der Waals surface area (Å²) in [6, 6.07) is 5.87. The van der Waals surface area contributed by atoms with Crippen molar-refractivity contribution in [3.63, 3.8) is 0 Å². The zero-order valence-electron chi connectivity index (χ0n) is 17.2. The summed E-state index contributed by atoms with van der Waals surface area (Å²) < 4.78 is 0. The van der Waals surface area contributed by atoms with Crippen LogP contribution >= 0.6 is 23.2 Å². The fraction of sp³-hybridized carbons (Fsp3) is 0.682. The molecule has 1 aromatic rings. The second kappa shape index (κ2) is 10.2. The second-order valence-electron chi connectivity index (χ2n) is 8.57. The van der Waals surface area contributed by atoms with E-state index in [4.69, 9.17) is 23.2 Å². The minimum absolute atomic E-state index is 0.279. The fourth-order valence-electron chi connectivity index (χ4n) is 4.47. The van der Waals surface area contributed by atoms with Crippen molar-refractivity contribution in [1.82, 2.24) is 9.80 Å². The van der Waals surface area contributed by atoms with Crippen molar-refractivity contribution >= 4 is 34.8 Å². The Morgan fingerprint density at radius 2 is 1.68 bits per heavy atom. The van der Waals surface area contributed by atoms with Crippen molar-refractivity contribution in [3.8, 4) is 0 Å². The lowest BCUT2D eigenvalue weighted by atomic mass is 9.79. The Labute approximate surface area is 179 Å². The van der Waals surface area contributed by atoms with E-state index in [1.54, 1.807) is 4.90 Å². The molecule has 156 valence electrons. The van der Waals surface area contributed by atoms with Gasteiger partial charge in [0, 0.05) is 46.7 Å². The predicted molar refractivity (Wildman–Crippen MR) is 118 cm³/mol. The molecule has 3 rings (SSSR count). The van der Waals surface area contributed by atoms with Gasteiger partial charge in [-0.3, -0.25) is 9.69 Å². The summed E-state index contributed by atoms with van der Waals surface area (Å²) in [5, 5.41) is 1.30. The number of hydrogen-bond donors (Lipinski definition) is 0. The van der Waals surface area contributed by atoms with Gasteiger partial charge in [0.2, 0.25) is 5.91 Å². The van der Waals surface area contributed by atoms with Crippen LogP contribution in [0.2, 0.25) is 10.0 Å². The molecule has 1 aromatic carbocycles. The van der Waals surface area contributed by atoms with Gasteiger partial charge in [-0.25, -0.2) is 0 Å². The van der Waals surface area contributed by atoms with Gasteiger partial charge in [-0.1, -0.05) is 42.1 Å². The first kappa shape index (κ1) is 21.7. The Kier molecular flexibility index (Phi) is 7.90. The quantitative estimate of drug-likeness (QED) is 0.655. The first-order chi connectivity index (χ1) is 13.4. The number of piperazine rings is 1. The molecule has 0 unspecified atom stereocenters. The van der Waals surface area contributed by atoms with Gasteiger partial charge in [-0.2, -0.15) is 0 Å². The molecule has 0 radical (unpaired) electrons. The normalized spacial score (nSPS) is 23.6. The molecule has 2 fully saturated rings. The molecule has 1 saturated carbocycles. The van der Waals surface area contributed by atoms with Crippen LogP contribution in [0.3, 0.4) is 0 Å². The van der Waals surface area contributed by atoms with Crippen LogP contribution in [0.25, 0.3) is 0 Å². The van der Waals surface area contributed by atoms with Crippen molar-refractivity contribution in [1.29, 1.82) is 0 Å². The number of carbonyl (C=O) groups excluding carboxylic acids is 1. The molecule has 1 heterocycles. The third kappa shape index (κ3) is 5.77. The van der Waals surface area contributed by atoms with Crippen LogP contribution in [0.5, 0.6) is 0 Å². The van der Waals surface area contributed by atoms with Crippen LogP contribution in [-0.2, 0) is 4.79 Å². The van der Waals surface area contributed by atoms with Crippen molar-refractivity contribution in [2.24, 2.45) is 11.8 Å². The molecule has 0 N–H and O–H groups in total. The molecule has 0 atom stereocenters.